The molecule has 0 bridgehead atoms. The van der Waals surface area contributed by atoms with Crippen molar-refractivity contribution in [2.24, 2.45) is 0 Å². The number of ether oxygens (including phenoxy) is 1. The van der Waals surface area contributed by atoms with Crippen molar-refractivity contribution in [2.75, 3.05) is 38.2 Å². The molecule has 2 unspecified atom stereocenters. The van der Waals surface area contributed by atoms with Gasteiger partial charge >= 0.3 is 6.01 Å². The lowest BCUT2D eigenvalue weighted by molar-refractivity contribution is 0.292. The number of anilines is 1. The fourth-order valence-corrected chi connectivity index (χ4v) is 6.06. The summed E-state index contributed by atoms with van der Waals surface area (Å²) >= 11 is 0. The molecule has 8 nitrogen and oxygen atoms in total. The number of hydrogen-bond donors (Lipinski definition) is 1. The van der Waals surface area contributed by atoms with Crippen LogP contribution in [0.3, 0.4) is 0 Å². The van der Waals surface area contributed by atoms with E-state index in [4.69, 9.17) is 10.00 Å². The van der Waals surface area contributed by atoms with E-state index >= 15 is 4.39 Å². The van der Waals surface area contributed by atoms with Crippen molar-refractivity contribution in [3.63, 3.8) is 0 Å². The van der Waals surface area contributed by atoms with Crippen LogP contribution in [0.15, 0.2) is 30.5 Å². The number of aromatic hydroxyl groups is 1. The number of aromatic nitrogens is 3. The predicted octanol–water partition coefficient (Wildman–Crippen LogP) is 5.91. The summed E-state index contributed by atoms with van der Waals surface area (Å²) in [7, 11) is 1.38. The van der Waals surface area contributed by atoms with Gasteiger partial charge in [-0.3, -0.25) is 9.88 Å². The smallest absolute Gasteiger partial charge is 0.318 e. The molecule has 2 aromatic heterocycles. The lowest BCUT2D eigenvalue weighted by Gasteiger charge is -2.19. The topological polar surface area (TPSA) is 98.4 Å². The van der Waals surface area contributed by atoms with Gasteiger partial charge in [-0.05, 0) is 62.2 Å². The van der Waals surface area contributed by atoms with Crippen molar-refractivity contribution < 1.29 is 27.4 Å². The number of fused-ring (bicyclic) bond motifs is 3. The highest BCUT2D eigenvalue weighted by Crippen LogP contribution is 2.38. The van der Waals surface area contributed by atoms with Gasteiger partial charge in [-0.15, -0.1) is 0 Å². The average Bonchev–Trinajstić information content (AvgIpc) is 3.75. The third kappa shape index (κ3) is 5.48. The molecule has 220 valence electrons. The molecule has 7 rings (SSSR count). The fraction of sp³-hybridized carbons (Fsp3) is 0.400. The first kappa shape index (κ1) is 29.3. The van der Waals surface area contributed by atoms with Gasteiger partial charge in [-0.1, -0.05) is 6.07 Å². The minimum atomic E-state index is -1.15. The number of halogens is 4. The Morgan fingerprint density at radius 3 is 2.50 bits per heavy atom. The zero-order valence-electron chi connectivity index (χ0n) is 23.0. The Morgan fingerprint density at radius 2 is 1.79 bits per heavy atom. The molecule has 12 heteroatoms. The molecule has 3 aliphatic heterocycles. The number of benzene rings is 2. The SMILES string of the molecule is C#N.COc1nc(N2CCCC2)c2cnc(-c3cc(O)cc4ccc(F)c(F)c34)c(F)c2n1.FC1CC2CCCN2C1. The predicted molar refractivity (Wildman–Crippen MR) is 151 cm³/mol. The monoisotopic (exact) mass is 582 g/mol. The van der Waals surface area contributed by atoms with Crippen molar-refractivity contribution in [3.05, 3.63) is 47.9 Å². The first-order chi connectivity index (χ1) is 20.3. The Morgan fingerprint density at radius 1 is 1.02 bits per heavy atom. The largest absolute Gasteiger partial charge is 0.508 e. The zero-order chi connectivity index (χ0) is 30.0. The summed E-state index contributed by atoms with van der Waals surface area (Å²) < 4.78 is 62.0. The molecule has 2 aromatic carbocycles. The lowest BCUT2D eigenvalue weighted by atomic mass is 9.99. The van der Waals surface area contributed by atoms with E-state index in [1.54, 1.807) is 0 Å². The number of phenolic OH excluding ortho intramolecular Hbond substituents is 1. The van der Waals surface area contributed by atoms with Gasteiger partial charge in [0.05, 0.1) is 12.5 Å². The summed E-state index contributed by atoms with van der Waals surface area (Å²) in [5, 5.41) is 17.0. The van der Waals surface area contributed by atoms with Crippen LogP contribution in [0, 0.1) is 29.3 Å². The second-order valence-electron chi connectivity index (χ2n) is 10.5. The lowest BCUT2D eigenvalue weighted by Crippen LogP contribution is -2.22. The average molecular weight is 583 g/mol. The summed E-state index contributed by atoms with van der Waals surface area (Å²) in [5.41, 5.74) is -0.384. The molecule has 3 fully saturated rings. The van der Waals surface area contributed by atoms with Crippen LogP contribution in [0.25, 0.3) is 32.9 Å². The van der Waals surface area contributed by atoms with Crippen LogP contribution in [-0.4, -0.2) is 70.5 Å². The molecule has 1 N–H and O–H groups in total. The highest BCUT2D eigenvalue weighted by atomic mass is 19.2. The number of nitrogens with zero attached hydrogens (tertiary/aromatic N) is 6. The van der Waals surface area contributed by atoms with E-state index in [1.807, 2.05) is 4.90 Å². The van der Waals surface area contributed by atoms with E-state index in [-0.39, 0.29) is 39.3 Å². The van der Waals surface area contributed by atoms with Crippen LogP contribution in [0.2, 0.25) is 0 Å². The number of alkyl halides is 1. The molecule has 2 atom stereocenters. The first-order valence-corrected chi connectivity index (χ1v) is 13.7. The number of phenols is 1. The third-order valence-corrected chi connectivity index (χ3v) is 7.94. The van der Waals surface area contributed by atoms with E-state index in [2.05, 4.69) is 26.4 Å². The Hall–Kier alpha value is -4.24. The molecule has 3 saturated heterocycles. The molecular weight excluding hydrogens is 552 g/mol. The summed E-state index contributed by atoms with van der Waals surface area (Å²) in [4.78, 5) is 17.0. The van der Waals surface area contributed by atoms with E-state index in [0.29, 0.717) is 23.8 Å². The van der Waals surface area contributed by atoms with Crippen molar-refractivity contribution in [3.8, 4) is 29.6 Å². The minimum absolute atomic E-state index is 0.0107. The number of rotatable bonds is 3. The second-order valence-corrected chi connectivity index (χ2v) is 10.5. The second kappa shape index (κ2) is 12.3. The molecule has 0 aliphatic carbocycles. The molecule has 4 aromatic rings. The van der Waals surface area contributed by atoms with Gasteiger partial charge in [0.15, 0.2) is 17.5 Å². The quantitative estimate of drug-likeness (QED) is 0.298. The normalized spacial score (nSPS) is 19.7. The summed E-state index contributed by atoms with van der Waals surface area (Å²) in [5.74, 6) is -2.79. The number of nitriles is 1. The van der Waals surface area contributed by atoms with Crippen LogP contribution >= 0.6 is 0 Å². The minimum Gasteiger partial charge on any atom is -0.508 e. The van der Waals surface area contributed by atoms with Gasteiger partial charge in [0.25, 0.3) is 0 Å². The Kier molecular flexibility index (Phi) is 8.59. The van der Waals surface area contributed by atoms with Crippen molar-refractivity contribution in [1.29, 1.82) is 5.26 Å². The molecule has 5 heterocycles. The standard InChI is InChI=1S/C22H17F3N4O2.C7H12FN.CHN/c1-31-22-27-20-14(21(28-22)29-6-2-3-7-29)10-26-19(18(20)25)13-9-12(30)8-11-4-5-15(23)17(24)16(11)13;8-6-4-7-2-1-3-9(7)5-6;1-2/h4-5,8-10,30H,2-3,6-7H2,1H3;6-7H,1-5H2;1H. The van der Waals surface area contributed by atoms with Gasteiger partial charge < -0.3 is 14.7 Å². The maximum atomic E-state index is 15.7. The molecule has 42 heavy (non-hydrogen) atoms. The first-order valence-electron chi connectivity index (χ1n) is 13.7. The number of hydrogen-bond acceptors (Lipinski definition) is 8. The Balaban J connectivity index is 0.000000269. The molecule has 0 radical (unpaired) electrons. The maximum absolute atomic E-state index is 15.7. The van der Waals surface area contributed by atoms with Crippen LogP contribution in [0.5, 0.6) is 11.8 Å². The number of pyridine rings is 1. The van der Waals surface area contributed by atoms with E-state index in [9.17, 15) is 18.3 Å². The molecule has 3 aliphatic rings. The van der Waals surface area contributed by atoms with Crippen LogP contribution in [0.4, 0.5) is 23.4 Å². The highest BCUT2D eigenvalue weighted by Gasteiger charge is 2.34. The fourth-order valence-electron chi connectivity index (χ4n) is 6.06. The summed E-state index contributed by atoms with van der Waals surface area (Å²) in [6, 6.07) is 5.29. The van der Waals surface area contributed by atoms with Crippen LogP contribution in [-0.2, 0) is 0 Å². The number of methoxy groups -OCH3 is 1. The van der Waals surface area contributed by atoms with E-state index in [0.717, 1.165) is 51.0 Å². The molecular formula is C30H30F4N6O2. The van der Waals surface area contributed by atoms with Crippen molar-refractivity contribution >= 4 is 27.5 Å². The van der Waals surface area contributed by atoms with Crippen molar-refractivity contribution in [1.82, 2.24) is 19.9 Å². The van der Waals surface area contributed by atoms with E-state index in [1.165, 1.54) is 38.3 Å². The zero-order valence-corrected chi connectivity index (χ0v) is 23.0. The van der Waals surface area contributed by atoms with Crippen molar-refractivity contribution in [2.45, 2.75) is 44.3 Å². The molecule has 0 amide bonds. The third-order valence-electron chi connectivity index (χ3n) is 7.94. The highest BCUT2D eigenvalue weighted by molar-refractivity contribution is 6.00. The maximum Gasteiger partial charge on any atom is 0.318 e. The van der Waals surface area contributed by atoms with Gasteiger partial charge in [-0.2, -0.15) is 9.97 Å². The van der Waals surface area contributed by atoms with Crippen LogP contribution < -0.4 is 9.64 Å². The summed E-state index contributed by atoms with van der Waals surface area (Å²) in [6.45, 7) is 6.89. The Labute approximate surface area is 240 Å². The van der Waals surface area contributed by atoms with Gasteiger partial charge in [0.2, 0.25) is 0 Å². The van der Waals surface area contributed by atoms with Gasteiger partial charge in [-0.25, -0.2) is 22.8 Å². The van der Waals surface area contributed by atoms with Gasteiger partial charge in [0, 0.05) is 49.4 Å². The Bertz CT molecular complexity index is 1620. The van der Waals surface area contributed by atoms with Crippen LogP contribution in [0.1, 0.15) is 32.1 Å². The molecule has 0 saturated carbocycles. The van der Waals surface area contributed by atoms with Gasteiger partial charge in [0.1, 0.15) is 28.9 Å². The van der Waals surface area contributed by atoms with E-state index < -0.39 is 23.6 Å². The molecule has 0 spiro atoms. The summed E-state index contributed by atoms with van der Waals surface area (Å²) in [6.07, 6.45) is 6.20.